The number of pyridine rings is 1. The highest BCUT2D eigenvalue weighted by molar-refractivity contribution is 5.93. The molecule has 1 aliphatic rings. The number of fused-ring (bicyclic) bond motifs is 1. The van der Waals surface area contributed by atoms with Gasteiger partial charge in [-0.1, -0.05) is 12.1 Å². The summed E-state index contributed by atoms with van der Waals surface area (Å²) in [6.45, 7) is 0.471. The van der Waals surface area contributed by atoms with E-state index in [4.69, 9.17) is 20.8 Å². The minimum Gasteiger partial charge on any atom is -0.496 e. The van der Waals surface area contributed by atoms with Gasteiger partial charge >= 0.3 is 5.97 Å². The van der Waals surface area contributed by atoms with Crippen molar-refractivity contribution in [2.45, 2.75) is 32.2 Å². The van der Waals surface area contributed by atoms with Gasteiger partial charge in [-0.15, -0.1) is 0 Å². The number of carbonyl (C=O) groups is 1. The van der Waals surface area contributed by atoms with Gasteiger partial charge in [-0.05, 0) is 55.0 Å². The normalized spacial score (nSPS) is 14.4. The second-order valence-corrected chi connectivity index (χ2v) is 10.4. The van der Waals surface area contributed by atoms with Crippen LogP contribution in [0.3, 0.4) is 0 Å². The molecule has 0 unspecified atom stereocenters. The van der Waals surface area contributed by atoms with Crippen LogP contribution in [0.5, 0.6) is 11.6 Å². The Balaban J connectivity index is 1.28. The molecule has 1 aliphatic heterocycles. The molecule has 5 aromatic rings. The second kappa shape index (κ2) is 12.2. The molecule has 2 aromatic heterocycles. The quantitative estimate of drug-likeness (QED) is 0.229. The van der Waals surface area contributed by atoms with Gasteiger partial charge in [0.1, 0.15) is 24.0 Å². The molecule has 10 nitrogen and oxygen atoms in total. The number of hydrogen-bond donors (Lipinski definition) is 1. The van der Waals surface area contributed by atoms with Crippen molar-refractivity contribution in [3.05, 3.63) is 111 Å². The number of nitriles is 1. The molecule has 3 heterocycles. The Kier molecular flexibility index (Phi) is 7.67. The molecule has 228 valence electrons. The lowest BCUT2D eigenvalue weighted by Crippen LogP contribution is -2.35. The Labute approximate surface area is 256 Å². The number of hydrogen-bond acceptors (Lipinski definition) is 7. The van der Waals surface area contributed by atoms with Crippen LogP contribution in [0.2, 0.25) is 0 Å². The van der Waals surface area contributed by atoms with E-state index >= 15 is 8.78 Å². The maximum absolute atomic E-state index is 15.6. The fraction of sp³-hybridized carbons (Fsp3) is 0.212. The molecule has 1 atom stereocenters. The van der Waals surface area contributed by atoms with Crippen molar-refractivity contribution < 1.29 is 34.3 Å². The number of aromatic carboxylic acids is 1. The zero-order chi connectivity index (χ0) is 32.4. The highest BCUT2D eigenvalue weighted by atomic mass is 19.1. The molecule has 3 aromatic carbocycles. The summed E-state index contributed by atoms with van der Waals surface area (Å²) in [7, 11) is -0.353. The first-order valence-corrected chi connectivity index (χ1v) is 13.9. The number of carboxylic acid groups (broad SMARTS) is 1. The smallest absolute Gasteiger partial charge is 0.335 e. The molecule has 12 heteroatoms. The van der Waals surface area contributed by atoms with Gasteiger partial charge in [0.05, 0.1) is 61.4 Å². The van der Waals surface area contributed by atoms with E-state index in [2.05, 4.69) is 4.98 Å². The monoisotopic (exact) mass is 613 g/mol. The van der Waals surface area contributed by atoms with Crippen molar-refractivity contribution in [3.8, 4) is 29.0 Å². The maximum Gasteiger partial charge on any atom is 0.335 e. The SMILES string of the molecule is [2H]COc1cc(C#N)ccc1COc1cccc(-c2cc(F)c(Cn3c(=O)c4ccc(C(=O)O)cc4n3C[C@@H]3CCO3)cc2F)n1. The summed E-state index contributed by atoms with van der Waals surface area (Å²) in [5.41, 5.74) is 0.707. The fourth-order valence-corrected chi connectivity index (χ4v) is 5.15. The average molecular weight is 614 g/mol. The third-order valence-electron chi connectivity index (χ3n) is 7.63. The summed E-state index contributed by atoms with van der Waals surface area (Å²) in [4.78, 5) is 29.3. The van der Waals surface area contributed by atoms with E-state index < -0.39 is 23.2 Å². The van der Waals surface area contributed by atoms with Gasteiger partial charge in [0.2, 0.25) is 5.88 Å². The van der Waals surface area contributed by atoms with Gasteiger partial charge in [-0.25, -0.2) is 23.2 Å². The fourth-order valence-electron chi connectivity index (χ4n) is 5.15. The number of benzene rings is 3. The molecule has 6 rings (SSSR count). The minimum absolute atomic E-state index is 0.00764. The van der Waals surface area contributed by atoms with E-state index in [0.29, 0.717) is 29.0 Å². The standard InChI is InChI=1S/C33H26F2N4O6/c1-43-30-11-19(15-36)5-6-21(30)18-45-31-4-2-3-28(37-31)25-14-26(34)22(12-27(25)35)16-39-32(40)24-8-7-20(33(41)42)13-29(24)38(39)17-23-9-10-44-23/h2-8,11-14,23H,9-10,16-18H2,1H3,(H,41,42)/t23-/m0/s1/i1D. The Morgan fingerprint density at radius 1 is 1.13 bits per heavy atom. The number of ether oxygens (including phenoxy) is 3. The lowest BCUT2D eigenvalue weighted by Gasteiger charge is -2.28. The molecule has 45 heavy (non-hydrogen) atoms. The third kappa shape index (κ3) is 5.85. The van der Waals surface area contributed by atoms with Crippen LogP contribution in [0.1, 0.15) is 34.8 Å². The van der Waals surface area contributed by atoms with E-state index in [9.17, 15) is 14.7 Å². The zero-order valence-corrected chi connectivity index (χ0v) is 23.7. The Morgan fingerprint density at radius 3 is 2.71 bits per heavy atom. The summed E-state index contributed by atoms with van der Waals surface area (Å²) in [6, 6.07) is 17.5. The van der Waals surface area contributed by atoms with E-state index in [0.717, 1.165) is 18.6 Å². The van der Waals surface area contributed by atoms with Crippen LogP contribution >= 0.6 is 0 Å². The molecular weight excluding hydrogens is 586 g/mol. The molecule has 0 radical (unpaired) electrons. The van der Waals surface area contributed by atoms with Gasteiger partial charge in [-0.3, -0.25) is 9.48 Å². The number of aromatic nitrogens is 3. The first-order valence-electron chi connectivity index (χ1n) is 14.6. The van der Waals surface area contributed by atoms with Gasteiger partial charge in [-0.2, -0.15) is 5.26 Å². The topological polar surface area (TPSA) is 129 Å². The predicted octanol–water partition coefficient (Wildman–Crippen LogP) is 5.14. The Bertz CT molecular complexity index is 2070. The average Bonchev–Trinajstić information content (AvgIpc) is 3.29. The maximum atomic E-state index is 15.6. The van der Waals surface area contributed by atoms with Crippen molar-refractivity contribution in [2.75, 3.05) is 13.7 Å². The van der Waals surface area contributed by atoms with E-state index in [-0.39, 0.29) is 66.5 Å². The van der Waals surface area contributed by atoms with E-state index in [1.165, 1.54) is 35.0 Å². The molecule has 0 bridgehead atoms. The molecule has 1 saturated heterocycles. The largest absolute Gasteiger partial charge is 0.496 e. The summed E-state index contributed by atoms with van der Waals surface area (Å²) in [5.74, 6) is -2.26. The number of methoxy groups -OCH3 is 1. The van der Waals surface area contributed by atoms with Crippen LogP contribution in [0, 0.1) is 23.0 Å². The van der Waals surface area contributed by atoms with Gasteiger partial charge in [0, 0.05) is 29.4 Å². The van der Waals surface area contributed by atoms with Crippen LogP contribution in [-0.2, 0) is 24.4 Å². The summed E-state index contributed by atoms with van der Waals surface area (Å²) in [5, 5.41) is 18.9. The summed E-state index contributed by atoms with van der Waals surface area (Å²) >= 11 is 0. The van der Waals surface area contributed by atoms with E-state index in [1.807, 2.05) is 6.07 Å². The van der Waals surface area contributed by atoms with Crippen molar-refractivity contribution in [3.63, 3.8) is 0 Å². The molecule has 0 saturated carbocycles. The first-order chi connectivity index (χ1) is 22.2. The lowest BCUT2D eigenvalue weighted by atomic mass is 10.1. The van der Waals surface area contributed by atoms with Crippen LogP contribution in [0.4, 0.5) is 8.78 Å². The first kappa shape index (κ1) is 28.2. The molecule has 1 N–H and O–H groups in total. The van der Waals surface area contributed by atoms with Crippen molar-refractivity contribution in [2.24, 2.45) is 0 Å². The Hall–Kier alpha value is -5.54. The third-order valence-corrected chi connectivity index (χ3v) is 7.63. The van der Waals surface area contributed by atoms with Crippen LogP contribution < -0.4 is 15.0 Å². The highest BCUT2D eigenvalue weighted by Gasteiger charge is 2.24. The number of nitrogens with zero attached hydrogens (tertiary/aromatic N) is 4. The summed E-state index contributed by atoms with van der Waals surface area (Å²) in [6.07, 6.45) is 0.543. The van der Waals surface area contributed by atoms with Gasteiger partial charge in [0.25, 0.3) is 5.56 Å². The van der Waals surface area contributed by atoms with Crippen LogP contribution in [-0.4, -0.2) is 45.2 Å². The predicted molar refractivity (Wildman–Crippen MR) is 158 cm³/mol. The lowest BCUT2D eigenvalue weighted by molar-refractivity contribution is -0.0618. The van der Waals surface area contributed by atoms with Gasteiger partial charge in [0.15, 0.2) is 0 Å². The van der Waals surface area contributed by atoms with Gasteiger partial charge < -0.3 is 19.3 Å². The van der Waals surface area contributed by atoms with Crippen molar-refractivity contribution >= 4 is 16.9 Å². The van der Waals surface area contributed by atoms with Crippen LogP contribution in [0.25, 0.3) is 22.2 Å². The number of rotatable bonds is 10. The van der Waals surface area contributed by atoms with Crippen LogP contribution in [0.15, 0.2) is 71.5 Å². The molecule has 0 spiro atoms. The second-order valence-electron chi connectivity index (χ2n) is 10.4. The Morgan fingerprint density at radius 2 is 1.98 bits per heavy atom. The van der Waals surface area contributed by atoms with Crippen molar-refractivity contribution in [1.82, 2.24) is 14.3 Å². The number of carboxylic acids is 1. The van der Waals surface area contributed by atoms with E-state index in [1.54, 1.807) is 28.9 Å². The van der Waals surface area contributed by atoms with Crippen molar-refractivity contribution in [1.29, 1.82) is 5.26 Å². The summed E-state index contributed by atoms with van der Waals surface area (Å²) < 4.78 is 57.9. The highest BCUT2D eigenvalue weighted by Crippen LogP contribution is 2.28. The minimum atomic E-state index is -1.16. The molecule has 0 amide bonds. The number of halogens is 2. The molecular formula is C33H26F2N4O6. The zero-order valence-electron chi connectivity index (χ0n) is 24.7. The molecule has 0 aliphatic carbocycles. The molecule has 1 fully saturated rings.